The Morgan fingerprint density at radius 1 is 1.35 bits per heavy atom. The van der Waals surface area contributed by atoms with Crippen molar-refractivity contribution in [3.8, 4) is 0 Å². The summed E-state index contributed by atoms with van der Waals surface area (Å²) in [6.45, 7) is 8.19. The Labute approximate surface area is 104 Å². The van der Waals surface area contributed by atoms with Gasteiger partial charge in [-0.15, -0.1) is 0 Å². The average Bonchev–Trinajstić information content (AvgIpc) is 2.36. The first-order valence-corrected chi connectivity index (χ1v) is 5.98. The molecule has 17 heavy (non-hydrogen) atoms. The van der Waals surface area contributed by atoms with Gasteiger partial charge >= 0.3 is 0 Å². The van der Waals surface area contributed by atoms with Gasteiger partial charge in [-0.05, 0) is 50.5 Å². The van der Waals surface area contributed by atoms with Crippen LogP contribution in [-0.2, 0) is 4.74 Å². The Kier molecular flexibility index (Phi) is 5.34. The molecule has 0 radical (unpaired) electrons. The van der Waals surface area contributed by atoms with E-state index in [1.807, 2.05) is 31.2 Å². The van der Waals surface area contributed by atoms with Crippen LogP contribution < -0.4 is 5.32 Å². The summed E-state index contributed by atoms with van der Waals surface area (Å²) in [5.74, 6) is 0.757. The van der Waals surface area contributed by atoms with Crippen molar-refractivity contribution in [1.29, 1.82) is 0 Å². The molecule has 0 aliphatic heterocycles. The second-order valence-corrected chi connectivity index (χ2v) is 4.03. The lowest BCUT2D eigenvalue weighted by Gasteiger charge is -2.12. The number of para-hydroxylation sites is 1. The highest BCUT2D eigenvalue weighted by molar-refractivity contribution is 5.53. The lowest BCUT2D eigenvalue weighted by molar-refractivity contribution is 0.351. The van der Waals surface area contributed by atoms with Crippen molar-refractivity contribution >= 4 is 5.69 Å². The van der Waals surface area contributed by atoms with Gasteiger partial charge in [0.15, 0.2) is 5.88 Å². The van der Waals surface area contributed by atoms with Gasteiger partial charge in [0.2, 0.25) is 0 Å². The fourth-order valence-corrected chi connectivity index (χ4v) is 1.26. The lowest BCUT2D eigenvalue weighted by atomic mass is 10.2. The molecule has 1 aromatic rings. The van der Waals surface area contributed by atoms with Gasteiger partial charge in [0.1, 0.15) is 0 Å². The second kappa shape index (κ2) is 6.79. The number of ether oxygens (including phenoxy) is 1. The molecule has 1 rings (SSSR count). The second-order valence-electron chi connectivity index (χ2n) is 4.03. The van der Waals surface area contributed by atoms with E-state index in [4.69, 9.17) is 4.74 Å². The normalized spacial score (nSPS) is 12.5. The van der Waals surface area contributed by atoms with Crippen LogP contribution in [0.4, 0.5) is 5.69 Å². The molecule has 0 atom stereocenters. The summed E-state index contributed by atoms with van der Waals surface area (Å²) >= 11 is 0. The predicted octanol–water partition coefficient (Wildman–Crippen LogP) is 4.60. The van der Waals surface area contributed by atoms with E-state index < -0.39 is 0 Å². The van der Waals surface area contributed by atoms with Crippen molar-refractivity contribution in [1.82, 2.24) is 0 Å². The molecule has 2 heteroatoms. The zero-order chi connectivity index (χ0) is 12.7. The zero-order valence-corrected chi connectivity index (χ0v) is 11.1. The summed E-state index contributed by atoms with van der Waals surface area (Å²) < 4.78 is 5.59. The molecule has 0 saturated heterocycles. The molecule has 92 valence electrons. The molecular weight excluding hydrogens is 210 g/mol. The number of nitrogens with one attached hydrogen (secondary N) is 1. The molecule has 1 aromatic carbocycles. The molecule has 0 amide bonds. The summed E-state index contributed by atoms with van der Waals surface area (Å²) in [4.78, 5) is 0. The zero-order valence-electron chi connectivity index (χ0n) is 11.1. The maximum Gasteiger partial charge on any atom is 0.192 e. The van der Waals surface area contributed by atoms with Crippen LogP contribution in [-0.4, -0.2) is 0 Å². The van der Waals surface area contributed by atoms with Gasteiger partial charge in [0, 0.05) is 5.69 Å². The minimum Gasteiger partial charge on any atom is -0.449 e. The first-order valence-electron chi connectivity index (χ1n) is 5.98. The Bertz CT molecular complexity index is 419. The van der Waals surface area contributed by atoms with Gasteiger partial charge < -0.3 is 10.1 Å². The summed E-state index contributed by atoms with van der Waals surface area (Å²) in [5.41, 5.74) is 3.49. The molecule has 1 N–H and O–H groups in total. The minimum atomic E-state index is 0.757. The average molecular weight is 231 g/mol. The van der Waals surface area contributed by atoms with Crippen LogP contribution in [0.25, 0.3) is 0 Å². The van der Waals surface area contributed by atoms with Gasteiger partial charge in [0.25, 0.3) is 0 Å². The van der Waals surface area contributed by atoms with Crippen molar-refractivity contribution in [2.75, 3.05) is 5.32 Å². The molecule has 0 heterocycles. The highest BCUT2D eigenvalue weighted by atomic mass is 16.5. The highest BCUT2D eigenvalue weighted by Crippen LogP contribution is 2.16. The summed E-state index contributed by atoms with van der Waals surface area (Å²) in [6.07, 6.45) is 4.72. The third-order valence-corrected chi connectivity index (χ3v) is 2.61. The van der Waals surface area contributed by atoms with E-state index >= 15 is 0 Å². The van der Waals surface area contributed by atoms with Crippen molar-refractivity contribution in [3.63, 3.8) is 0 Å². The van der Waals surface area contributed by atoms with E-state index in [-0.39, 0.29) is 0 Å². The monoisotopic (exact) mass is 231 g/mol. The van der Waals surface area contributed by atoms with Crippen LogP contribution in [0.3, 0.4) is 0 Å². The van der Waals surface area contributed by atoms with E-state index in [2.05, 4.69) is 32.2 Å². The standard InChI is InChI=1S/C15H21NO/c1-5-12(3)11-17-15(6-2)16-14-10-8-7-9-13(14)4/h6-11,16H,5H2,1-4H3/b12-11+,15-6-. The van der Waals surface area contributed by atoms with Gasteiger partial charge in [-0.1, -0.05) is 25.1 Å². The molecule has 2 nitrogen and oxygen atoms in total. The van der Waals surface area contributed by atoms with E-state index in [9.17, 15) is 0 Å². The molecule has 0 saturated carbocycles. The van der Waals surface area contributed by atoms with Crippen LogP contribution in [0.15, 0.2) is 48.1 Å². The number of benzene rings is 1. The Morgan fingerprint density at radius 2 is 2.06 bits per heavy atom. The first kappa shape index (κ1) is 13.4. The van der Waals surface area contributed by atoms with E-state index in [1.165, 1.54) is 11.1 Å². The Hall–Kier alpha value is -1.70. The molecule has 0 unspecified atom stereocenters. The maximum absolute atomic E-state index is 5.59. The predicted molar refractivity (Wildman–Crippen MR) is 73.7 cm³/mol. The van der Waals surface area contributed by atoms with Gasteiger partial charge in [0.05, 0.1) is 6.26 Å². The third-order valence-electron chi connectivity index (χ3n) is 2.61. The van der Waals surface area contributed by atoms with Gasteiger partial charge in [-0.25, -0.2) is 0 Å². The molecule has 0 aromatic heterocycles. The third kappa shape index (κ3) is 4.35. The SMILES string of the molecule is C/C=C(/Nc1ccccc1C)O/C=C(\C)CC. The number of hydrogen-bond donors (Lipinski definition) is 1. The van der Waals surface area contributed by atoms with Gasteiger partial charge in [-0.3, -0.25) is 0 Å². The minimum absolute atomic E-state index is 0.757. The summed E-state index contributed by atoms with van der Waals surface area (Å²) in [5, 5.41) is 3.27. The molecule has 0 fully saturated rings. The summed E-state index contributed by atoms with van der Waals surface area (Å²) in [6, 6.07) is 8.15. The largest absolute Gasteiger partial charge is 0.449 e. The fraction of sp³-hybridized carbons (Fsp3) is 0.333. The fourth-order valence-electron chi connectivity index (χ4n) is 1.26. The molecule has 0 aliphatic carbocycles. The van der Waals surface area contributed by atoms with Crippen molar-refractivity contribution in [3.05, 3.63) is 53.6 Å². The van der Waals surface area contributed by atoms with Crippen LogP contribution in [0.2, 0.25) is 0 Å². The van der Waals surface area contributed by atoms with Crippen molar-refractivity contribution < 1.29 is 4.74 Å². The van der Waals surface area contributed by atoms with Crippen LogP contribution in [0.1, 0.15) is 32.8 Å². The van der Waals surface area contributed by atoms with E-state index in [1.54, 1.807) is 6.26 Å². The Morgan fingerprint density at radius 3 is 2.65 bits per heavy atom. The smallest absolute Gasteiger partial charge is 0.192 e. The Balaban J connectivity index is 2.69. The summed E-state index contributed by atoms with van der Waals surface area (Å²) in [7, 11) is 0. The highest BCUT2D eigenvalue weighted by Gasteiger charge is 1.99. The quantitative estimate of drug-likeness (QED) is 0.748. The number of rotatable bonds is 5. The molecule has 0 spiro atoms. The number of anilines is 1. The lowest BCUT2D eigenvalue weighted by Crippen LogP contribution is -2.02. The van der Waals surface area contributed by atoms with Crippen molar-refractivity contribution in [2.24, 2.45) is 0 Å². The topological polar surface area (TPSA) is 21.3 Å². The first-order chi connectivity index (χ1) is 8.17. The number of aryl methyl sites for hydroxylation is 1. The molecule has 0 aliphatic rings. The molecule has 0 bridgehead atoms. The van der Waals surface area contributed by atoms with E-state index in [0.717, 1.165) is 18.0 Å². The molecular formula is C15H21NO. The van der Waals surface area contributed by atoms with Crippen molar-refractivity contribution in [2.45, 2.75) is 34.1 Å². The number of allylic oxidation sites excluding steroid dienone is 2. The number of hydrogen-bond acceptors (Lipinski definition) is 2. The maximum atomic E-state index is 5.59. The van der Waals surface area contributed by atoms with Gasteiger partial charge in [-0.2, -0.15) is 0 Å². The van der Waals surface area contributed by atoms with Crippen LogP contribution >= 0.6 is 0 Å². The van der Waals surface area contributed by atoms with Crippen LogP contribution in [0.5, 0.6) is 0 Å². The van der Waals surface area contributed by atoms with Crippen LogP contribution in [0, 0.1) is 6.92 Å². The van der Waals surface area contributed by atoms with E-state index in [0.29, 0.717) is 0 Å².